The third kappa shape index (κ3) is 4.13. The number of benzene rings is 1. The molecule has 1 aromatic carbocycles. The summed E-state index contributed by atoms with van der Waals surface area (Å²) in [5.74, 6) is -2.09. The molecule has 3 heteroatoms. The standard InChI is InChI=1S/C15H18F2O/c16-15(17,11-10-13-6-4-5-7-13)12-18-14-8-2-1-3-9-14/h1-3,8-11,13H,4-7,12H2/b11-10+. The van der Waals surface area contributed by atoms with Crippen LogP contribution in [0.3, 0.4) is 0 Å². The van der Waals surface area contributed by atoms with Crippen molar-refractivity contribution in [1.82, 2.24) is 0 Å². The first-order valence-corrected chi connectivity index (χ1v) is 6.41. The molecule has 1 nitrogen and oxygen atoms in total. The van der Waals surface area contributed by atoms with Gasteiger partial charge in [-0.2, -0.15) is 8.78 Å². The number of ether oxygens (including phenoxy) is 1. The molecule has 0 amide bonds. The van der Waals surface area contributed by atoms with E-state index in [-0.39, 0.29) is 0 Å². The maximum absolute atomic E-state index is 13.6. The predicted molar refractivity (Wildman–Crippen MR) is 68.0 cm³/mol. The van der Waals surface area contributed by atoms with Gasteiger partial charge in [-0.25, -0.2) is 0 Å². The number of rotatable bonds is 5. The molecule has 0 radical (unpaired) electrons. The molecule has 0 N–H and O–H groups in total. The van der Waals surface area contributed by atoms with E-state index < -0.39 is 12.5 Å². The van der Waals surface area contributed by atoms with Crippen LogP contribution in [0.5, 0.6) is 5.75 Å². The number of para-hydroxylation sites is 1. The molecule has 0 aromatic heterocycles. The summed E-state index contributed by atoms with van der Waals surface area (Å²) in [5, 5.41) is 0. The summed E-state index contributed by atoms with van der Waals surface area (Å²) in [6.45, 7) is -0.597. The number of allylic oxidation sites excluding steroid dienone is 1. The van der Waals surface area contributed by atoms with Gasteiger partial charge < -0.3 is 4.74 Å². The second-order valence-corrected chi connectivity index (χ2v) is 4.77. The highest BCUT2D eigenvalue weighted by atomic mass is 19.3. The van der Waals surface area contributed by atoms with Gasteiger partial charge >= 0.3 is 0 Å². The lowest BCUT2D eigenvalue weighted by Gasteiger charge is -2.14. The Morgan fingerprint density at radius 1 is 1.17 bits per heavy atom. The van der Waals surface area contributed by atoms with E-state index in [4.69, 9.17) is 4.74 Å². The van der Waals surface area contributed by atoms with Crippen LogP contribution >= 0.6 is 0 Å². The van der Waals surface area contributed by atoms with Crippen molar-refractivity contribution >= 4 is 0 Å². The predicted octanol–water partition coefficient (Wildman–Crippen LogP) is 4.45. The zero-order chi connectivity index (χ0) is 12.8. The lowest BCUT2D eigenvalue weighted by atomic mass is 10.1. The van der Waals surface area contributed by atoms with Gasteiger partial charge in [0.2, 0.25) is 0 Å². The van der Waals surface area contributed by atoms with Crippen LogP contribution in [0, 0.1) is 5.92 Å². The minimum absolute atomic E-state index is 0.326. The average Bonchev–Trinajstić information content (AvgIpc) is 2.89. The van der Waals surface area contributed by atoms with Gasteiger partial charge in [0, 0.05) is 0 Å². The van der Waals surface area contributed by atoms with Crippen molar-refractivity contribution in [3.63, 3.8) is 0 Å². The quantitative estimate of drug-likeness (QED) is 0.704. The third-order valence-electron chi connectivity index (χ3n) is 3.19. The molecule has 0 bridgehead atoms. The Morgan fingerprint density at radius 2 is 1.83 bits per heavy atom. The topological polar surface area (TPSA) is 9.23 Å². The van der Waals surface area contributed by atoms with Gasteiger partial charge in [-0.1, -0.05) is 37.1 Å². The molecule has 98 valence electrons. The largest absolute Gasteiger partial charge is 0.487 e. The van der Waals surface area contributed by atoms with Crippen molar-refractivity contribution in [1.29, 1.82) is 0 Å². The highest BCUT2D eigenvalue weighted by Gasteiger charge is 2.27. The highest BCUT2D eigenvalue weighted by molar-refractivity contribution is 5.21. The summed E-state index contributed by atoms with van der Waals surface area (Å²) >= 11 is 0. The minimum Gasteiger partial charge on any atom is -0.487 e. The number of alkyl halides is 2. The molecule has 0 unspecified atom stereocenters. The molecule has 0 atom stereocenters. The van der Waals surface area contributed by atoms with Crippen LogP contribution in [-0.4, -0.2) is 12.5 Å². The van der Waals surface area contributed by atoms with E-state index in [1.807, 2.05) is 6.07 Å². The van der Waals surface area contributed by atoms with E-state index >= 15 is 0 Å². The Labute approximate surface area is 106 Å². The molecule has 18 heavy (non-hydrogen) atoms. The van der Waals surface area contributed by atoms with Crippen LogP contribution in [0.25, 0.3) is 0 Å². The van der Waals surface area contributed by atoms with Crippen LogP contribution in [0.4, 0.5) is 8.78 Å². The Hall–Kier alpha value is -1.38. The molecule has 0 aliphatic heterocycles. The van der Waals surface area contributed by atoms with Gasteiger partial charge in [-0.05, 0) is 37.0 Å². The number of hydrogen-bond acceptors (Lipinski definition) is 1. The third-order valence-corrected chi connectivity index (χ3v) is 3.19. The van der Waals surface area contributed by atoms with Gasteiger partial charge in [0.05, 0.1) is 0 Å². The minimum atomic E-state index is -2.89. The maximum atomic E-state index is 13.6. The van der Waals surface area contributed by atoms with Gasteiger partial charge in [-0.3, -0.25) is 0 Å². The molecule has 0 spiro atoms. The maximum Gasteiger partial charge on any atom is 0.299 e. The smallest absolute Gasteiger partial charge is 0.299 e. The van der Waals surface area contributed by atoms with E-state index in [9.17, 15) is 8.78 Å². The zero-order valence-electron chi connectivity index (χ0n) is 10.3. The average molecular weight is 252 g/mol. The van der Waals surface area contributed by atoms with E-state index in [1.54, 1.807) is 30.3 Å². The molecular formula is C15H18F2O. The second kappa shape index (κ2) is 5.98. The van der Waals surface area contributed by atoms with Crippen LogP contribution in [0.15, 0.2) is 42.5 Å². The molecule has 0 heterocycles. The summed E-state index contributed by atoms with van der Waals surface area (Å²) in [4.78, 5) is 0. The molecule has 1 aliphatic carbocycles. The van der Waals surface area contributed by atoms with Crippen molar-refractivity contribution in [2.24, 2.45) is 5.92 Å². The summed E-state index contributed by atoms with van der Waals surface area (Å²) in [6.07, 6.45) is 7.04. The Bertz CT molecular complexity index is 381. The van der Waals surface area contributed by atoms with Crippen LogP contribution in [0.2, 0.25) is 0 Å². The Morgan fingerprint density at radius 3 is 2.50 bits per heavy atom. The summed E-state index contributed by atoms with van der Waals surface area (Å²) in [6, 6.07) is 8.71. The summed E-state index contributed by atoms with van der Waals surface area (Å²) in [5.41, 5.74) is 0. The van der Waals surface area contributed by atoms with Crippen molar-refractivity contribution < 1.29 is 13.5 Å². The summed E-state index contributed by atoms with van der Waals surface area (Å²) in [7, 11) is 0. The van der Waals surface area contributed by atoms with Gasteiger partial charge in [0.15, 0.2) is 6.61 Å². The number of hydrogen-bond donors (Lipinski definition) is 0. The Kier molecular flexibility index (Phi) is 4.34. The van der Waals surface area contributed by atoms with Crippen LogP contribution in [-0.2, 0) is 0 Å². The normalized spacial score (nSPS) is 17.4. The molecule has 1 aromatic rings. The lowest BCUT2D eigenvalue weighted by molar-refractivity contribution is 0.00466. The Balaban J connectivity index is 1.83. The molecule has 2 rings (SSSR count). The summed E-state index contributed by atoms with van der Waals surface area (Å²) < 4.78 is 32.2. The van der Waals surface area contributed by atoms with Crippen LogP contribution in [0.1, 0.15) is 25.7 Å². The molecule has 1 fully saturated rings. The van der Waals surface area contributed by atoms with Gasteiger partial charge in [0.25, 0.3) is 5.92 Å². The molecule has 1 saturated carbocycles. The first-order chi connectivity index (χ1) is 8.66. The fraction of sp³-hybridized carbons (Fsp3) is 0.467. The highest BCUT2D eigenvalue weighted by Crippen LogP contribution is 2.27. The molecule has 1 aliphatic rings. The van der Waals surface area contributed by atoms with E-state index in [0.717, 1.165) is 31.8 Å². The second-order valence-electron chi connectivity index (χ2n) is 4.77. The van der Waals surface area contributed by atoms with Gasteiger partial charge in [0.1, 0.15) is 5.75 Å². The zero-order valence-corrected chi connectivity index (χ0v) is 10.3. The van der Waals surface area contributed by atoms with Crippen molar-refractivity contribution in [3.8, 4) is 5.75 Å². The first-order valence-electron chi connectivity index (χ1n) is 6.41. The van der Waals surface area contributed by atoms with Crippen molar-refractivity contribution in [3.05, 3.63) is 42.5 Å². The SMILES string of the molecule is FC(F)(/C=C/C1CCCC1)COc1ccccc1. The van der Waals surface area contributed by atoms with E-state index in [1.165, 1.54) is 0 Å². The van der Waals surface area contributed by atoms with E-state index in [2.05, 4.69) is 0 Å². The lowest BCUT2D eigenvalue weighted by Crippen LogP contribution is -2.23. The molecular weight excluding hydrogens is 234 g/mol. The fourth-order valence-electron chi connectivity index (χ4n) is 2.17. The van der Waals surface area contributed by atoms with Crippen molar-refractivity contribution in [2.45, 2.75) is 31.6 Å². The van der Waals surface area contributed by atoms with Crippen LogP contribution < -0.4 is 4.74 Å². The van der Waals surface area contributed by atoms with Crippen molar-refractivity contribution in [2.75, 3.05) is 6.61 Å². The molecule has 0 saturated heterocycles. The first kappa shape index (κ1) is 13.1. The fourth-order valence-corrected chi connectivity index (χ4v) is 2.17. The monoisotopic (exact) mass is 252 g/mol. The number of halogens is 2. The van der Waals surface area contributed by atoms with Gasteiger partial charge in [-0.15, -0.1) is 0 Å². The van der Waals surface area contributed by atoms with E-state index in [0.29, 0.717) is 11.7 Å².